The van der Waals surface area contributed by atoms with Crippen molar-refractivity contribution >= 4 is 15.9 Å². The molecule has 0 saturated carbocycles. The van der Waals surface area contributed by atoms with Crippen LogP contribution in [0, 0.1) is 0 Å². The van der Waals surface area contributed by atoms with Crippen LogP contribution in [0.1, 0.15) is 38.2 Å². The van der Waals surface area contributed by atoms with Gasteiger partial charge in [-0.15, -0.1) is 0 Å². The minimum Gasteiger partial charge on any atom is -0.384 e. The average Bonchev–Trinajstić information content (AvgIpc) is 2.57. The molecular formula is C15H22BrNO. The molecule has 1 atom stereocenters. The van der Waals surface area contributed by atoms with Crippen LogP contribution in [0.3, 0.4) is 0 Å². The number of aliphatic hydroxyl groups is 1. The molecular weight excluding hydrogens is 290 g/mol. The summed E-state index contributed by atoms with van der Waals surface area (Å²) in [5, 5.41) is 10.7. The average molecular weight is 312 g/mol. The number of likely N-dealkylation sites (tertiary alicyclic amines) is 1. The molecule has 1 heterocycles. The Balaban J connectivity index is 2.03. The summed E-state index contributed by atoms with van der Waals surface area (Å²) in [4.78, 5) is 2.40. The van der Waals surface area contributed by atoms with E-state index in [1.165, 1.54) is 25.7 Å². The van der Waals surface area contributed by atoms with Gasteiger partial charge in [0.25, 0.3) is 0 Å². The predicted molar refractivity (Wildman–Crippen MR) is 78.6 cm³/mol. The fraction of sp³-hybridized carbons (Fsp3) is 0.600. The van der Waals surface area contributed by atoms with E-state index in [-0.39, 0.29) is 0 Å². The Morgan fingerprint density at radius 1 is 1.11 bits per heavy atom. The van der Waals surface area contributed by atoms with E-state index < -0.39 is 5.60 Å². The minimum atomic E-state index is -0.759. The second kappa shape index (κ2) is 6.18. The minimum absolute atomic E-state index is 0.731. The molecule has 100 valence electrons. The van der Waals surface area contributed by atoms with Gasteiger partial charge in [0.2, 0.25) is 0 Å². The third-order valence-corrected chi connectivity index (χ3v) is 4.22. The first-order valence-corrected chi connectivity index (χ1v) is 7.58. The van der Waals surface area contributed by atoms with E-state index in [0.29, 0.717) is 0 Å². The summed E-state index contributed by atoms with van der Waals surface area (Å²) >= 11 is 3.43. The first-order chi connectivity index (χ1) is 8.58. The zero-order valence-electron chi connectivity index (χ0n) is 11.0. The maximum atomic E-state index is 10.7. The Morgan fingerprint density at radius 3 is 2.22 bits per heavy atom. The standard InChI is InChI=1S/C15H22BrNO/c1-15(18,13-6-8-14(16)9-7-13)12-17-10-4-2-3-5-11-17/h6-9,18H,2-5,10-12H2,1H3. The third kappa shape index (κ3) is 3.81. The van der Waals surface area contributed by atoms with Gasteiger partial charge < -0.3 is 10.0 Å². The third-order valence-electron chi connectivity index (χ3n) is 3.70. The molecule has 1 aliphatic heterocycles. The molecule has 1 N–H and O–H groups in total. The highest BCUT2D eigenvalue weighted by Crippen LogP contribution is 2.24. The normalized spacial score (nSPS) is 21.3. The van der Waals surface area contributed by atoms with Crippen molar-refractivity contribution in [3.05, 3.63) is 34.3 Å². The summed E-state index contributed by atoms with van der Waals surface area (Å²) in [5.41, 5.74) is 0.236. The second-order valence-corrected chi connectivity index (χ2v) is 6.39. The summed E-state index contributed by atoms with van der Waals surface area (Å²) < 4.78 is 1.05. The number of hydrogen-bond donors (Lipinski definition) is 1. The van der Waals surface area contributed by atoms with E-state index in [0.717, 1.165) is 29.7 Å². The summed E-state index contributed by atoms with van der Waals surface area (Å²) in [7, 11) is 0. The first kappa shape index (κ1) is 14.0. The van der Waals surface area contributed by atoms with Crippen molar-refractivity contribution in [3.63, 3.8) is 0 Å². The summed E-state index contributed by atoms with van der Waals surface area (Å²) in [6.45, 7) is 4.88. The van der Waals surface area contributed by atoms with E-state index in [2.05, 4.69) is 20.8 Å². The van der Waals surface area contributed by atoms with Gasteiger partial charge in [-0.25, -0.2) is 0 Å². The summed E-state index contributed by atoms with van der Waals surface area (Å²) in [6.07, 6.45) is 5.18. The maximum absolute atomic E-state index is 10.7. The van der Waals surface area contributed by atoms with Gasteiger partial charge >= 0.3 is 0 Å². The van der Waals surface area contributed by atoms with Crippen molar-refractivity contribution < 1.29 is 5.11 Å². The van der Waals surface area contributed by atoms with Gasteiger partial charge in [-0.1, -0.05) is 40.9 Å². The Kier molecular flexibility index (Phi) is 4.82. The zero-order valence-corrected chi connectivity index (χ0v) is 12.6. The van der Waals surface area contributed by atoms with Crippen LogP contribution in [-0.2, 0) is 5.60 Å². The van der Waals surface area contributed by atoms with Crippen LogP contribution in [0.5, 0.6) is 0 Å². The first-order valence-electron chi connectivity index (χ1n) is 6.79. The molecule has 2 nitrogen and oxygen atoms in total. The highest BCUT2D eigenvalue weighted by molar-refractivity contribution is 9.10. The highest BCUT2D eigenvalue weighted by atomic mass is 79.9. The molecule has 0 amide bonds. The molecule has 2 rings (SSSR count). The van der Waals surface area contributed by atoms with Crippen LogP contribution in [0.25, 0.3) is 0 Å². The molecule has 1 unspecified atom stereocenters. The van der Waals surface area contributed by atoms with E-state index in [9.17, 15) is 5.11 Å². The van der Waals surface area contributed by atoms with E-state index in [4.69, 9.17) is 0 Å². The van der Waals surface area contributed by atoms with Crippen molar-refractivity contribution in [1.82, 2.24) is 4.90 Å². The lowest BCUT2D eigenvalue weighted by Crippen LogP contribution is -2.39. The number of β-amino-alcohol motifs (C(OH)–C–C–N with tert-alkyl or cyclic N) is 1. The van der Waals surface area contributed by atoms with Crippen molar-refractivity contribution in [2.24, 2.45) is 0 Å². The molecule has 0 bridgehead atoms. The van der Waals surface area contributed by atoms with Gasteiger partial charge in [0.05, 0.1) is 5.60 Å². The van der Waals surface area contributed by atoms with E-state index >= 15 is 0 Å². The number of nitrogens with zero attached hydrogens (tertiary/aromatic N) is 1. The largest absolute Gasteiger partial charge is 0.384 e. The monoisotopic (exact) mass is 311 g/mol. The second-order valence-electron chi connectivity index (χ2n) is 5.47. The van der Waals surface area contributed by atoms with Gasteiger partial charge in [0.15, 0.2) is 0 Å². The number of rotatable bonds is 3. The Hall–Kier alpha value is -0.380. The lowest BCUT2D eigenvalue weighted by molar-refractivity contribution is 0.0168. The quantitative estimate of drug-likeness (QED) is 0.923. The number of hydrogen-bond acceptors (Lipinski definition) is 2. The molecule has 0 aromatic heterocycles. The molecule has 1 saturated heterocycles. The molecule has 0 radical (unpaired) electrons. The van der Waals surface area contributed by atoms with Crippen LogP contribution in [0.15, 0.2) is 28.7 Å². The number of halogens is 1. The topological polar surface area (TPSA) is 23.5 Å². The van der Waals surface area contributed by atoms with Crippen molar-refractivity contribution in [3.8, 4) is 0 Å². The van der Waals surface area contributed by atoms with Crippen LogP contribution in [0.4, 0.5) is 0 Å². The van der Waals surface area contributed by atoms with Gasteiger partial charge in [-0.2, -0.15) is 0 Å². The Labute approximate surface area is 118 Å². The van der Waals surface area contributed by atoms with Crippen LogP contribution in [-0.4, -0.2) is 29.6 Å². The fourth-order valence-corrected chi connectivity index (χ4v) is 2.89. The van der Waals surface area contributed by atoms with Crippen molar-refractivity contribution in [2.75, 3.05) is 19.6 Å². The predicted octanol–water partition coefficient (Wildman–Crippen LogP) is 3.53. The summed E-state index contributed by atoms with van der Waals surface area (Å²) in [6, 6.07) is 7.99. The molecule has 1 aliphatic rings. The highest BCUT2D eigenvalue weighted by Gasteiger charge is 2.26. The van der Waals surface area contributed by atoms with Crippen LogP contribution >= 0.6 is 15.9 Å². The van der Waals surface area contributed by atoms with Gasteiger partial charge in [-0.05, 0) is 50.6 Å². The molecule has 3 heteroatoms. The van der Waals surface area contributed by atoms with Crippen LogP contribution < -0.4 is 0 Å². The molecule has 0 aliphatic carbocycles. The van der Waals surface area contributed by atoms with Gasteiger partial charge in [0.1, 0.15) is 0 Å². The SMILES string of the molecule is CC(O)(CN1CCCCCC1)c1ccc(Br)cc1. The molecule has 18 heavy (non-hydrogen) atoms. The Morgan fingerprint density at radius 2 is 1.67 bits per heavy atom. The van der Waals surface area contributed by atoms with Crippen LogP contribution in [0.2, 0.25) is 0 Å². The fourth-order valence-electron chi connectivity index (χ4n) is 2.63. The van der Waals surface area contributed by atoms with E-state index in [1.807, 2.05) is 31.2 Å². The lowest BCUT2D eigenvalue weighted by Gasteiger charge is -2.31. The maximum Gasteiger partial charge on any atom is 0.0994 e. The van der Waals surface area contributed by atoms with Crippen molar-refractivity contribution in [2.45, 2.75) is 38.2 Å². The molecule has 1 aromatic carbocycles. The smallest absolute Gasteiger partial charge is 0.0994 e. The summed E-state index contributed by atoms with van der Waals surface area (Å²) in [5.74, 6) is 0. The lowest BCUT2D eigenvalue weighted by atomic mass is 9.95. The number of benzene rings is 1. The Bertz CT molecular complexity index is 367. The van der Waals surface area contributed by atoms with Gasteiger partial charge in [0, 0.05) is 11.0 Å². The molecule has 1 aromatic rings. The zero-order chi connectivity index (χ0) is 13.0. The molecule has 0 spiro atoms. The molecule has 1 fully saturated rings. The van der Waals surface area contributed by atoms with E-state index in [1.54, 1.807) is 0 Å². The van der Waals surface area contributed by atoms with Crippen molar-refractivity contribution in [1.29, 1.82) is 0 Å². The van der Waals surface area contributed by atoms with Gasteiger partial charge in [-0.3, -0.25) is 0 Å².